The molecule has 4 nitrogen and oxygen atoms in total. The molecule has 3 aromatic rings. The number of fused-ring (bicyclic) bond motifs is 1. The second kappa shape index (κ2) is 6.41. The summed E-state index contributed by atoms with van der Waals surface area (Å²) in [5.74, 6) is -0.631. The van der Waals surface area contributed by atoms with E-state index in [0.29, 0.717) is 39.6 Å². The number of aromatic nitrogens is 1. The van der Waals surface area contributed by atoms with E-state index in [2.05, 4.69) is 11.1 Å². The molecule has 132 valence electrons. The van der Waals surface area contributed by atoms with E-state index >= 15 is 0 Å². The van der Waals surface area contributed by atoms with E-state index in [1.54, 1.807) is 29.2 Å². The van der Waals surface area contributed by atoms with Crippen LogP contribution in [0.4, 0.5) is 20.3 Å². The molecule has 2 heterocycles. The molecule has 0 aliphatic carbocycles. The predicted molar refractivity (Wildman–Crippen MR) is 103 cm³/mol. The average molecular weight is 378 g/mol. The van der Waals surface area contributed by atoms with Crippen LogP contribution in [-0.2, 0) is 6.54 Å². The summed E-state index contributed by atoms with van der Waals surface area (Å²) in [6.45, 7) is 0.351. The molecule has 1 aliphatic rings. The lowest BCUT2D eigenvalue weighted by atomic mass is 9.95. The summed E-state index contributed by atoms with van der Waals surface area (Å²) in [6, 6.07) is 13.8. The van der Waals surface area contributed by atoms with Gasteiger partial charge in [-0.25, -0.2) is 13.8 Å². The molecule has 2 N–H and O–H groups in total. The maximum Gasteiger partial charge on any atom is 0.142 e. The molecule has 2 aromatic carbocycles. The van der Waals surface area contributed by atoms with E-state index in [4.69, 9.17) is 18.0 Å². The largest absolute Gasteiger partial charge is 0.383 e. The summed E-state index contributed by atoms with van der Waals surface area (Å²) in [5, 5.41) is 9.60. The Morgan fingerprint density at radius 2 is 1.59 bits per heavy atom. The van der Waals surface area contributed by atoms with Crippen molar-refractivity contribution in [3.8, 4) is 17.2 Å². The van der Waals surface area contributed by atoms with Crippen molar-refractivity contribution in [1.29, 1.82) is 5.26 Å². The lowest BCUT2D eigenvalue weighted by Crippen LogP contribution is -2.22. The molecule has 0 saturated heterocycles. The van der Waals surface area contributed by atoms with Crippen LogP contribution in [0.25, 0.3) is 11.1 Å². The zero-order valence-corrected chi connectivity index (χ0v) is 14.7. The topological polar surface area (TPSA) is 65.9 Å². The van der Waals surface area contributed by atoms with Crippen molar-refractivity contribution in [2.45, 2.75) is 6.54 Å². The van der Waals surface area contributed by atoms with Crippen molar-refractivity contribution in [2.24, 2.45) is 0 Å². The van der Waals surface area contributed by atoms with Gasteiger partial charge >= 0.3 is 0 Å². The minimum atomic E-state index is -0.383. The first kappa shape index (κ1) is 17.1. The molecule has 0 amide bonds. The van der Waals surface area contributed by atoms with E-state index in [1.165, 1.54) is 24.3 Å². The highest BCUT2D eigenvalue weighted by atomic mass is 32.1. The van der Waals surface area contributed by atoms with E-state index < -0.39 is 0 Å². The van der Waals surface area contributed by atoms with Gasteiger partial charge in [0, 0.05) is 16.8 Å². The number of hydrogen-bond acceptors (Lipinski definition) is 4. The highest BCUT2D eigenvalue weighted by molar-refractivity contribution is 7.81. The zero-order chi connectivity index (χ0) is 19.1. The van der Waals surface area contributed by atoms with Crippen LogP contribution in [0.3, 0.4) is 0 Å². The van der Waals surface area contributed by atoms with Gasteiger partial charge < -0.3 is 10.6 Å². The van der Waals surface area contributed by atoms with E-state index in [-0.39, 0.29) is 23.0 Å². The van der Waals surface area contributed by atoms with Crippen LogP contribution >= 0.6 is 12.2 Å². The fourth-order valence-corrected chi connectivity index (χ4v) is 3.59. The Kier molecular flexibility index (Phi) is 4.05. The van der Waals surface area contributed by atoms with Gasteiger partial charge in [-0.15, -0.1) is 0 Å². The summed E-state index contributed by atoms with van der Waals surface area (Å²) in [7, 11) is 0. The molecule has 1 aliphatic heterocycles. The number of rotatable bonds is 2. The number of halogens is 2. The molecule has 1 aromatic heterocycles. The predicted octanol–water partition coefficient (Wildman–Crippen LogP) is 4.18. The Labute approximate surface area is 159 Å². The van der Waals surface area contributed by atoms with Gasteiger partial charge in [0.05, 0.1) is 12.2 Å². The first-order valence-electron chi connectivity index (χ1n) is 8.05. The molecular weight excluding hydrogens is 366 g/mol. The van der Waals surface area contributed by atoms with Crippen LogP contribution in [0, 0.1) is 23.0 Å². The Balaban J connectivity index is 1.91. The first-order valence-corrected chi connectivity index (χ1v) is 8.46. The average Bonchev–Trinajstić information content (AvgIpc) is 2.98. The summed E-state index contributed by atoms with van der Waals surface area (Å²) >= 11 is 5.64. The van der Waals surface area contributed by atoms with Crippen LogP contribution in [-0.4, -0.2) is 9.97 Å². The van der Waals surface area contributed by atoms with Gasteiger partial charge in [-0.1, -0.05) is 24.4 Å². The lowest BCUT2D eigenvalue weighted by molar-refractivity contribution is 0.627. The van der Waals surface area contributed by atoms with Crippen molar-refractivity contribution in [3.63, 3.8) is 0 Å². The summed E-state index contributed by atoms with van der Waals surface area (Å²) in [5.41, 5.74) is 9.32. The Hall–Kier alpha value is -3.37. The molecule has 4 rings (SSSR count). The second-order valence-corrected chi connectivity index (χ2v) is 6.44. The Bertz CT molecular complexity index is 1100. The standard InChI is InChI=1S/C20H12F2N4S/c21-12-3-1-11(2-4-12)17-15(9-23)19(24)25-16-10-26(20(27)18(16)17)14-7-5-13(22)6-8-14/h1-8H,10H2,(H2,24,25). The van der Waals surface area contributed by atoms with Crippen LogP contribution < -0.4 is 10.6 Å². The molecule has 0 atom stereocenters. The summed E-state index contributed by atoms with van der Waals surface area (Å²) in [6.07, 6.45) is 0. The van der Waals surface area contributed by atoms with Crippen LogP contribution in [0.5, 0.6) is 0 Å². The molecule has 0 fully saturated rings. The number of nitrogens with zero attached hydrogens (tertiary/aromatic N) is 3. The van der Waals surface area contributed by atoms with Gasteiger partial charge in [0.15, 0.2) is 0 Å². The molecule has 7 heteroatoms. The van der Waals surface area contributed by atoms with Crippen molar-refractivity contribution < 1.29 is 8.78 Å². The molecule has 0 saturated carbocycles. The van der Waals surface area contributed by atoms with Gasteiger partial charge in [-0.05, 0) is 42.0 Å². The molecule has 0 spiro atoms. The summed E-state index contributed by atoms with van der Waals surface area (Å²) in [4.78, 5) is 6.61. The van der Waals surface area contributed by atoms with Gasteiger partial charge in [0.1, 0.15) is 34.1 Å². The third kappa shape index (κ3) is 2.80. The highest BCUT2D eigenvalue weighted by Gasteiger charge is 2.32. The number of hydrogen-bond donors (Lipinski definition) is 1. The van der Waals surface area contributed by atoms with Gasteiger partial charge in [-0.2, -0.15) is 5.26 Å². The van der Waals surface area contributed by atoms with E-state index in [9.17, 15) is 14.0 Å². The van der Waals surface area contributed by atoms with Gasteiger partial charge in [-0.3, -0.25) is 0 Å². The van der Waals surface area contributed by atoms with E-state index in [1.807, 2.05) is 0 Å². The number of nitrogen functional groups attached to an aromatic ring is 1. The van der Waals surface area contributed by atoms with Gasteiger partial charge in [0.25, 0.3) is 0 Å². The second-order valence-electron chi connectivity index (χ2n) is 6.06. The zero-order valence-electron chi connectivity index (χ0n) is 13.9. The SMILES string of the molecule is N#Cc1c(N)nc2c(c1-c1ccc(F)cc1)C(=S)N(c1ccc(F)cc1)C2. The fraction of sp³-hybridized carbons (Fsp3) is 0.0500. The smallest absolute Gasteiger partial charge is 0.142 e. The number of pyridine rings is 1. The molecular formula is C20H12F2N4S. The van der Waals surface area contributed by atoms with Crippen molar-refractivity contribution in [2.75, 3.05) is 10.6 Å². The van der Waals surface area contributed by atoms with Crippen molar-refractivity contribution in [1.82, 2.24) is 4.98 Å². The monoisotopic (exact) mass is 378 g/mol. The number of nitrogens with two attached hydrogens (primary N) is 1. The maximum atomic E-state index is 13.4. The normalized spacial score (nSPS) is 12.8. The van der Waals surface area contributed by atoms with Crippen LogP contribution in [0.1, 0.15) is 16.8 Å². The molecule has 27 heavy (non-hydrogen) atoms. The number of benzene rings is 2. The minimum absolute atomic E-state index is 0.0966. The van der Waals surface area contributed by atoms with E-state index in [0.717, 1.165) is 0 Å². The Morgan fingerprint density at radius 1 is 1.00 bits per heavy atom. The first-order chi connectivity index (χ1) is 13.0. The number of anilines is 2. The fourth-order valence-electron chi connectivity index (χ4n) is 3.20. The third-order valence-electron chi connectivity index (χ3n) is 4.45. The van der Waals surface area contributed by atoms with Crippen molar-refractivity contribution in [3.05, 3.63) is 77.0 Å². The minimum Gasteiger partial charge on any atom is -0.383 e. The molecule has 0 radical (unpaired) electrons. The highest BCUT2D eigenvalue weighted by Crippen LogP contribution is 2.38. The molecule has 0 bridgehead atoms. The lowest BCUT2D eigenvalue weighted by Gasteiger charge is -2.18. The maximum absolute atomic E-state index is 13.4. The molecule has 0 unspecified atom stereocenters. The van der Waals surface area contributed by atoms with Gasteiger partial charge in [0.2, 0.25) is 0 Å². The van der Waals surface area contributed by atoms with Crippen molar-refractivity contribution >= 4 is 28.7 Å². The third-order valence-corrected chi connectivity index (χ3v) is 4.87. The summed E-state index contributed by atoms with van der Waals surface area (Å²) < 4.78 is 26.6. The van der Waals surface area contributed by atoms with Crippen LogP contribution in [0.15, 0.2) is 48.5 Å². The Morgan fingerprint density at radius 3 is 2.19 bits per heavy atom. The van der Waals surface area contributed by atoms with Crippen LogP contribution in [0.2, 0.25) is 0 Å². The quantitative estimate of drug-likeness (QED) is 0.678. The number of thiocarbonyl (C=S) groups is 1. The number of nitriles is 1.